The van der Waals surface area contributed by atoms with Crippen molar-refractivity contribution in [3.63, 3.8) is 0 Å². The van der Waals surface area contributed by atoms with Crippen LogP contribution in [0.4, 0.5) is 26.3 Å². The van der Waals surface area contributed by atoms with Gasteiger partial charge in [0.05, 0.1) is 28.5 Å². The van der Waals surface area contributed by atoms with Gasteiger partial charge in [-0.25, -0.2) is 8.42 Å². The second kappa shape index (κ2) is 7.90. The monoisotopic (exact) mass is 433 g/mol. The predicted molar refractivity (Wildman–Crippen MR) is 84.6 cm³/mol. The fourth-order valence-electron chi connectivity index (χ4n) is 2.88. The van der Waals surface area contributed by atoms with Gasteiger partial charge in [0.25, 0.3) is 0 Å². The maximum absolute atomic E-state index is 13.2. The second-order valence-corrected chi connectivity index (χ2v) is 8.04. The third-order valence-electron chi connectivity index (χ3n) is 4.31. The summed E-state index contributed by atoms with van der Waals surface area (Å²) in [6.07, 6.45) is -10.2. The minimum Gasteiger partial charge on any atom is -0.466 e. The van der Waals surface area contributed by atoms with Crippen molar-refractivity contribution in [1.29, 1.82) is 0 Å². The normalized spacial score (nSPS) is 17.5. The number of ether oxygens (including phenoxy) is 1. The van der Waals surface area contributed by atoms with Crippen LogP contribution in [-0.4, -0.2) is 38.4 Å². The Bertz CT molecular complexity index is 827. The van der Waals surface area contributed by atoms with Gasteiger partial charge in [0.2, 0.25) is 10.0 Å². The average molecular weight is 433 g/mol. The van der Waals surface area contributed by atoms with Gasteiger partial charge in [-0.15, -0.1) is 0 Å². The lowest BCUT2D eigenvalue weighted by molar-refractivity contribution is -0.149. The molecule has 0 atom stereocenters. The molecular formula is C16H17F6NO4S. The molecule has 158 valence electrons. The van der Waals surface area contributed by atoms with Crippen molar-refractivity contribution in [3.8, 4) is 0 Å². The molecule has 0 spiro atoms. The van der Waals surface area contributed by atoms with E-state index in [9.17, 15) is 39.6 Å². The van der Waals surface area contributed by atoms with Gasteiger partial charge >= 0.3 is 18.3 Å². The summed E-state index contributed by atoms with van der Waals surface area (Å²) in [4.78, 5) is 10.2. The number of hydrogen-bond acceptors (Lipinski definition) is 4. The number of piperidine rings is 1. The van der Waals surface area contributed by atoms with E-state index in [0.29, 0.717) is 4.31 Å². The highest BCUT2D eigenvalue weighted by atomic mass is 32.2. The van der Waals surface area contributed by atoms with Crippen molar-refractivity contribution in [2.45, 2.75) is 37.0 Å². The van der Waals surface area contributed by atoms with Crippen LogP contribution in [0.5, 0.6) is 0 Å². The molecule has 0 N–H and O–H groups in total. The summed E-state index contributed by atoms with van der Waals surface area (Å²) in [7, 11) is -4.86. The molecule has 12 heteroatoms. The highest BCUT2D eigenvalue weighted by molar-refractivity contribution is 7.89. The molecule has 0 saturated carbocycles. The minimum absolute atomic E-state index is 0.00161. The summed E-state index contributed by atoms with van der Waals surface area (Å²) in [6.45, 7) is 1.10. The predicted octanol–water partition coefficient (Wildman–Crippen LogP) is 3.69. The van der Waals surface area contributed by atoms with Crippen LogP contribution >= 0.6 is 0 Å². The quantitative estimate of drug-likeness (QED) is 0.537. The lowest BCUT2D eigenvalue weighted by Crippen LogP contribution is -2.41. The molecule has 1 aliphatic heterocycles. The number of sulfonamides is 1. The summed E-state index contributed by atoms with van der Waals surface area (Å²) < 4.78 is 109. The zero-order chi connectivity index (χ0) is 21.3. The summed E-state index contributed by atoms with van der Waals surface area (Å²) in [5, 5.41) is 0. The first-order valence-electron chi connectivity index (χ1n) is 8.23. The van der Waals surface area contributed by atoms with E-state index in [2.05, 4.69) is 0 Å². The van der Waals surface area contributed by atoms with E-state index >= 15 is 0 Å². The van der Waals surface area contributed by atoms with Gasteiger partial charge < -0.3 is 4.74 Å². The van der Waals surface area contributed by atoms with Gasteiger partial charge in [-0.2, -0.15) is 30.6 Å². The van der Waals surface area contributed by atoms with E-state index in [4.69, 9.17) is 4.74 Å². The lowest BCUT2D eigenvalue weighted by Gasteiger charge is -2.31. The number of rotatable bonds is 4. The Morgan fingerprint density at radius 3 is 2.14 bits per heavy atom. The SMILES string of the molecule is CCOC(=O)C1CCN(S(=O)(=O)c2cc(C(F)(F)F)ccc2C(F)(F)F)CC1. The first kappa shape index (κ1) is 22.5. The molecule has 1 aromatic carbocycles. The Hall–Kier alpha value is -1.82. The smallest absolute Gasteiger partial charge is 0.417 e. The standard InChI is InChI=1S/C16H17F6NO4S/c1-2-27-14(24)10-5-7-23(8-6-10)28(25,26)13-9-11(15(17,18)19)3-4-12(13)16(20,21)22/h3-4,9-10H,2,5-8H2,1H3. The molecule has 0 aliphatic carbocycles. The summed E-state index contributed by atoms with van der Waals surface area (Å²) in [5.41, 5.74) is -3.17. The van der Waals surface area contributed by atoms with Crippen LogP contribution < -0.4 is 0 Å². The van der Waals surface area contributed by atoms with Crippen LogP contribution in [0.15, 0.2) is 23.1 Å². The van der Waals surface area contributed by atoms with Crippen LogP contribution in [0.2, 0.25) is 0 Å². The Morgan fingerprint density at radius 1 is 1.11 bits per heavy atom. The van der Waals surface area contributed by atoms with Crippen molar-refractivity contribution in [1.82, 2.24) is 4.31 Å². The van der Waals surface area contributed by atoms with Gasteiger partial charge in [0.1, 0.15) is 0 Å². The molecule has 0 radical (unpaired) electrons. The number of halogens is 6. The first-order valence-corrected chi connectivity index (χ1v) is 9.67. The van der Waals surface area contributed by atoms with Gasteiger partial charge in [-0.1, -0.05) is 0 Å². The van der Waals surface area contributed by atoms with Crippen molar-refractivity contribution < 1.29 is 44.3 Å². The summed E-state index contributed by atoms with van der Waals surface area (Å²) in [5.74, 6) is -1.16. The van der Waals surface area contributed by atoms with Crippen molar-refractivity contribution in [2.24, 2.45) is 5.92 Å². The molecule has 2 rings (SSSR count). The summed E-state index contributed by atoms with van der Waals surface area (Å²) >= 11 is 0. The van der Waals surface area contributed by atoms with E-state index in [1.807, 2.05) is 0 Å². The molecular weight excluding hydrogens is 416 g/mol. The number of carbonyl (C=O) groups is 1. The molecule has 0 bridgehead atoms. The largest absolute Gasteiger partial charge is 0.466 e. The van der Waals surface area contributed by atoms with Crippen LogP contribution in [-0.2, 0) is 31.9 Å². The maximum Gasteiger partial charge on any atom is 0.417 e. The van der Waals surface area contributed by atoms with Crippen LogP contribution in [0.3, 0.4) is 0 Å². The molecule has 0 aromatic heterocycles. The molecule has 0 amide bonds. The lowest BCUT2D eigenvalue weighted by atomic mass is 9.98. The van der Waals surface area contributed by atoms with Gasteiger partial charge in [0.15, 0.2) is 0 Å². The average Bonchev–Trinajstić information content (AvgIpc) is 2.60. The molecule has 0 unspecified atom stereocenters. The van der Waals surface area contributed by atoms with E-state index in [0.717, 1.165) is 0 Å². The number of carbonyl (C=O) groups excluding carboxylic acids is 1. The number of alkyl halides is 6. The first-order chi connectivity index (χ1) is 12.8. The molecule has 1 aliphatic rings. The third kappa shape index (κ3) is 4.77. The zero-order valence-corrected chi connectivity index (χ0v) is 15.4. The van der Waals surface area contributed by atoms with E-state index in [1.54, 1.807) is 6.92 Å². The highest BCUT2D eigenvalue weighted by Crippen LogP contribution is 2.39. The molecule has 1 saturated heterocycles. The van der Waals surface area contributed by atoms with Gasteiger partial charge in [-0.05, 0) is 38.0 Å². The van der Waals surface area contributed by atoms with Crippen molar-refractivity contribution in [3.05, 3.63) is 29.3 Å². The third-order valence-corrected chi connectivity index (χ3v) is 6.24. The fourth-order valence-corrected chi connectivity index (χ4v) is 4.58. The topological polar surface area (TPSA) is 63.7 Å². The van der Waals surface area contributed by atoms with Gasteiger partial charge in [0, 0.05) is 13.1 Å². The van der Waals surface area contributed by atoms with E-state index in [-0.39, 0.29) is 50.7 Å². The molecule has 5 nitrogen and oxygen atoms in total. The fraction of sp³-hybridized carbons (Fsp3) is 0.562. The Balaban J connectivity index is 2.38. The molecule has 1 heterocycles. The van der Waals surface area contributed by atoms with Crippen molar-refractivity contribution >= 4 is 16.0 Å². The van der Waals surface area contributed by atoms with Crippen molar-refractivity contribution in [2.75, 3.05) is 19.7 Å². The van der Waals surface area contributed by atoms with Crippen LogP contribution in [0.25, 0.3) is 0 Å². The Morgan fingerprint density at radius 2 is 1.68 bits per heavy atom. The van der Waals surface area contributed by atoms with Gasteiger partial charge in [-0.3, -0.25) is 4.79 Å². The second-order valence-electron chi connectivity index (χ2n) is 6.14. The number of esters is 1. The number of benzene rings is 1. The molecule has 1 aromatic rings. The summed E-state index contributed by atoms with van der Waals surface area (Å²) in [6, 6.07) is 0.297. The number of hydrogen-bond donors (Lipinski definition) is 0. The van der Waals surface area contributed by atoms with Crippen LogP contribution in [0, 0.1) is 5.92 Å². The van der Waals surface area contributed by atoms with E-state index < -0.39 is 50.3 Å². The van der Waals surface area contributed by atoms with E-state index in [1.165, 1.54) is 0 Å². The maximum atomic E-state index is 13.2. The Labute approximate surface area is 157 Å². The van der Waals surface area contributed by atoms with Crippen LogP contribution in [0.1, 0.15) is 30.9 Å². The zero-order valence-electron chi connectivity index (χ0n) is 14.6. The Kier molecular flexibility index (Phi) is 6.34. The molecule has 1 fully saturated rings. The highest BCUT2D eigenvalue weighted by Gasteiger charge is 2.42. The minimum atomic E-state index is -5.16. The molecule has 28 heavy (non-hydrogen) atoms. The number of nitrogens with zero attached hydrogens (tertiary/aromatic N) is 1.